The van der Waals surface area contributed by atoms with Crippen LogP contribution in [0.1, 0.15) is 97.1 Å². The maximum absolute atomic E-state index is 6.17. The highest BCUT2D eigenvalue weighted by Gasteiger charge is 2.32. The molecule has 2 aromatic carbocycles. The predicted octanol–water partition coefficient (Wildman–Crippen LogP) is 8.22. The summed E-state index contributed by atoms with van der Waals surface area (Å²) in [4.78, 5) is 0. The molecule has 0 spiro atoms. The third-order valence-electron chi connectivity index (χ3n) is 6.49. The van der Waals surface area contributed by atoms with Gasteiger partial charge in [-0.05, 0) is 64.5 Å². The molecule has 0 saturated carbocycles. The molecule has 0 N–H and O–H groups in total. The molecule has 2 aromatic rings. The maximum Gasteiger partial charge on any atom is 0.130 e. The van der Waals surface area contributed by atoms with Crippen molar-refractivity contribution >= 4 is 6.08 Å². The lowest BCUT2D eigenvalue weighted by atomic mass is 9.76. The number of benzene rings is 2. The van der Waals surface area contributed by atoms with E-state index in [4.69, 9.17) is 9.47 Å². The quantitative estimate of drug-likeness (QED) is 0.484. The standard InChI is InChI=1S/C30H42O2/c1-18-13-19-15-24(30(8,9)10)27(32-12)25(21(19)14-18)20-16-22(28(2,3)4)26(31-11)23(17-20)29(5,6)7/h13,15-17H,14H2,1-12H3. The third kappa shape index (κ3) is 4.34. The van der Waals surface area contributed by atoms with Gasteiger partial charge in [0, 0.05) is 22.3 Å². The van der Waals surface area contributed by atoms with Gasteiger partial charge in [-0.3, -0.25) is 0 Å². The van der Waals surface area contributed by atoms with Gasteiger partial charge < -0.3 is 9.47 Å². The van der Waals surface area contributed by atoms with Gasteiger partial charge in [-0.2, -0.15) is 0 Å². The summed E-state index contributed by atoms with van der Waals surface area (Å²) in [5.74, 6) is 2.01. The van der Waals surface area contributed by atoms with E-state index in [0.717, 1.165) is 17.9 Å². The molecule has 1 aliphatic rings. The molecular formula is C30H42O2. The molecule has 174 valence electrons. The van der Waals surface area contributed by atoms with Crippen LogP contribution >= 0.6 is 0 Å². The van der Waals surface area contributed by atoms with Crippen LogP contribution in [0.5, 0.6) is 11.5 Å². The van der Waals surface area contributed by atoms with E-state index in [1.807, 2.05) is 7.11 Å². The lowest BCUT2D eigenvalue weighted by molar-refractivity contribution is 0.381. The number of hydrogen-bond acceptors (Lipinski definition) is 2. The van der Waals surface area contributed by atoms with Crippen LogP contribution in [0.3, 0.4) is 0 Å². The van der Waals surface area contributed by atoms with Crippen LogP contribution in [0.4, 0.5) is 0 Å². The van der Waals surface area contributed by atoms with Gasteiger partial charge in [0.15, 0.2) is 0 Å². The number of methoxy groups -OCH3 is 2. The molecule has 32 heavy (non-hydrogen) atoms. The van der Waals surface area contributed by atoms with Crippen molar-refractivity contribution in [3.8, 4) is 22.6 Å². The molecule has 0 fully saturated rings. The van der Waals surface area contributed by atoms with Crippen LogP contribution in [-0.2, 0) is 22.7 Å². The first-order chi connectivity index (χ1) is 14.6. The largest absolute Gasteiger partial charge is 0.496 e. The van der Waals surface area contributed by atoms with Gasteiger partial charge in [0.2, 0.25) is 0 Å². The minimum absolute atomic E-state index is 0.0222. The SMILES string of the molecule is COc1c(C(C)(C)C)cc(-c2c3c(cc(C(C)(C)C)c2OC)C=C(C)C3)cc1C(C)(C)C. The zero-order chi connectivity index (χ0) is 24.2. The molecule has 0 radical (unpaired) electrons. The monoisotopic (exact) mass is 434 g/mol. The molecular weight excluding hydrogens is 392 g/mol. The Balaban J connectivity index is 2.50. The van der Waals surface area contributed by atoms with E-state index in [2.05, 4.69) is 93.5 Å². The van der Waals surface area contributed by atoms with Crippen LogP contribution in [0.25, 0.3) is 17.2 Å². The molecule has 0 atom stereocenters. The first kappa shape index (κ1) is 24.4. The fourth-order valence-corrected chi connectivity index (χ4v) is 4.82. The number of fused-ring (bicyclic) bond motifs is 1. The van der Waals surface area contributed by atoms with Crippen LogP contribution in [-0.4, -0.2) is 14.2 Å². The average Bonchev–Trinajstić information content (AvgIpc) is 3.03. The summed E-state index contributed by atoms with van der Waals surface area (Å²) in [6.07, 6.45) is 3.31. The Bertz CT molecular complexity index is 1030. The van der Waals surface area contributed by atoms with Gasteiger partial charge in [0.05, 0.1) is 14.2 Å². The Morgan fingerprint density at radius 3 is 1.50 bits per heavy atom. The Kier molecular flexibility index (Phi) is 6.09. The zero-order valence-corrected chi connectivity index (χ0v) is 22.3. The van der Waals surface area contributed by atoms with E-state index in [-0.39, 0.29) is 16.2 Å². The summed E-state index contributed by atoms with van der Waals surface area (Å²) >= 11 is 0. The molecule has 2 nitrogen and oxygen atoms in total. The van der Waals surface area contributed by atoms with Gasteiger partial charge in [-0.25, -0.2) is 0 Å². The molecule has 0 aromatic heterocycles. The van der Waals surface area contributed by atoms with E-state index in [1.54, 1.807) is 7.11 Å². The van der Waals surface area contributed by atoms with Crippen molar-refractivity contribution in [2.75, 3.05) is 14.2 Å². The van der Waals surface area contributed by atoms with Crippen molar-refractivity contribution in [2.45, 2.75) is 91.9 Å². The number of rotatable bonds is 3. The smallest absolute Gasteiger partial charge is 0.130 e. The van der Waals surface area contributed by atoms with Crippen molar-refractivity contribution in [1.29, 1.82) is 0 Å². The average molecular weight is 435 g/mol. The Hall–Kier alpha value is -2.22. The Labute approximate surface area is 196 Å². The van der Waals surface area contributed by atoms with Crippen molar-refractivity contribution in [3.63, 3.8) is 0 Å². The van der Waals surface area contributed by atoms with Gasteiger partial charge in [-0.1, -0.05) is 74.0 Å². The van der Waals surface area contributed by atoms with E-state index in [0.29, 0.717) is 0 Å². The number of hydrogen-bond donors (Lipinski definition) is 0. The highest BCUT2D eigenvalue weighted by Crippen LogP contribution is 2.49. The number of allylic oxidation sites excluding steroid dienone is 1. The summed E-state index contributed by atoms with van der Waals surface area (Å²) < 4.78 is 12.2. The van der Waals surface area contributed by atoms with Crippen LogP contribution < -0.4 is 9.47 Å². The highest BCUT2D eigenvalue weighted by molar-refractivity contribution is 5.85. The minimum atomic E-state index is -0.0481. The molecule has 0 aliphatic heterocycles. The third-order valence-corrected chi connectivity index (χ3v) is 6.49. The van der Waals surface area contributed by atoms with Crippen molar-refractivity contribution in [3.05, 3.63) is 51.6 Å². The minimum Gasteiger partial charge on any atom is -0.496 e. The molecule has 0 heterocycles. The Morgan fingerprint density at radius 1 is 0.656 bits per heavy atom. The lowest BCUT2D eigenvalue weighted by Crippen LogP contribution is -2.20. The molecule has 3 rings (SSSR count). The number of ether oxygens (including phenoxy) is 2. The second-order valence-electron chi connectivity index (χ2n) is 12.4. The summed E-state index contributed by atoms with van der Waals surface area (Å²) in [5, 5.41) is 0. The predicted molar refractivity (Wildman–Crippen MR) is 138 cm³/mol. The normalized spacial score (nSPS) is 14.3. The van der Waals surface area contributed by atoms with Gasteiger partial charge in [0.25, 0.3) is 0 Å². The summed E-state index contributed by atoms with van der Waals surface area (Å²) in [6.45, 7) is 22.6. The summed E-state index contributed by atoms with van der Waals surface area (Å²) in [5.41, 5.74) is 10.2. The second kappa shape index (κ2) is 7.97. The fraction of sp³-hybridized carbons (Fsp3) is 0.533. The highest BCUT2D eigenvalue weighted by atomic mass is 16.5. The molecule has 0 saturated heterocycles. The van der Waals surface area contributed by atoms with Crippen molar-refractivity contribution in [2.24, 2.45) is 0 Å². The van der Waals surface area contributed by atoms with E-state index in [9.17, 15) is 0 Å². The van der Waals surface area contributed by atoms with E-state index in [1.165, 1.54) is 44.5 Å². The Morgan fingerprint density at radius 2 is 1.09 bits per heavy atom. The van der Waals surface area contributed by atoms with Crippen molar-refractivity contribution in [1.82, 2.24) is 0 Å². The fourth-order valence-electron chi connectivity index (χ4n) is 4.82. The molecule has 0 amide bonds. The van der Waals surface area contributed by atoms with Crippen molar-refractivity contribution < 1.29 is 9.47 Å². The first-order valence-electron chi connectivity index (χ1n) is 11.7. The van der Waals surface area contributed by atoms with Gasteiger partial charge in [-0.15, -0.1) is 0 Å². The molecule has 0 unspecified atom stereocenters. The summed E-state index contributed by atoms with van der Waals surface area (Å²) in [7, 11) is 3.61. The molecule has 0 bridgehead atoms. The zero-order valence-electron chi connectivity index (χ0n) is 22.3. The molecule has 2 heteroatoms. The van der Waals surface area contributed by atoms with E-state index >= 15 is 0 Å². The molecule has 1 aliphatic carbocycles. The topological polar surface area (TPSA) is 18.5 Å². The van der Waals surface area contributed by atoms with Gasteiger partial charge >= 0.3 is 0 Å². The summed E-state index contributed by atoms with van der Waals surface area (Å²) in [6, 6.07) is 7.02. The van der Waals surface area contributed by atoms with Crippen LogP contribution in [0.15, 0.2) is 23.8 Å². The first-order valence-corrected chi connectivity index (χ1v) is 11.7. The maximum atomic E-state index is 6.17. The van der Waals surface area contributed by atoms with Crippen LogP contribution in [0, 0.1) is 0 Å². The van der Waals surface area contributed by atoms with E-state index < -0.39 is 0 Å². The van der Waals surface area contributed by atoms with Crippen LogP contribution in [0.2, 0.25) is 0 Å². The second-order valence-corrected chi connectivity index (χ2v) is 12.4. The van der Waals surface area contributed by atoms with Gasteiger partial charge in [0.1, 0.15) is 11.5 Å². The lowest BCUT2D eigenvalue weighted by Gasteiger charge is -2.31.